The predicted molar refractivity (Wildman–Crippen MR) is 80.9 cm³/mol. The molecule has 0 radical (unpaired) electrons. The number of hydrogen-bond donors (Lipinski definition) is 2. The molecule has 0 spiro atoms. The van der Waals surface area contributed by atoms with Crippen LogP contribution in [0.15, 0.2) is 30.3 Å². The molecule has 2 unspecified atom stereocenters. The lowest BCUT2D eigenvalue weighted by Crippen LogP contribution is -2.49. The monoisotopic (exact) mass is 292 g/mol. The van der Waals surface area contributed by atoms with E-state index in [0.717, 1.165) is 18.5 Å². The van der Waals surface area contributed by atoms with Crippen molar-refractivity contribution < 1.29 is 14.6 Å². The molecular weight excluding hydrogens is 268 g/mol. The van der Waals surface area contributed by atoms with Crippen LogP contribution in [0.1, 0.15) is 24.4 Å². The van der Waals surface area contributed by atoms with Gasteiger partial charge in [0.05, 0.1) is 12.6 Å². The molecular formula is C16H24N2O3. The number of benzene rings is 1. The quantitative estimate of drug-likeness (QED) is 0.819. The van der Waals surface area contributed by atoms with Crippen LogP contribution in [0.3, 0.4) is 0 Å². The van der Waals surface area contributed by atoms with Gasteiger partial charge in [0.15, 0.2) is 0 Å². The van der Waals surface area contributed by atoms with Crippen LogP contribution in [-0.2, 0) is 9.53 Å². The number of nitrogens with one attached hydrogen (secondary N) is 1. The molecule has 5 nitrogen and oxygen atoms in total. The smallest absolute Gasteiger partial charge is 0.250 e. The van der Waals surface area contributed by atoms with Crippen molar-refractivity contribution in [3.05, 3.63) is 35.9 Å². The lowest BCUT2D eigenvalue weighted by Gasteiger charge is -2.30. The molecule has 1 amide bonds. The van der Waals surface area contributed by atoms with Gasteiger partial charge in [0.25, 0.3) is 5.91 Å². The van der Waals surface area contributed by atoms with Crippen molar-refractivity contribution in [1.29, 1.82) is 0 Å². The number of likely N-dealkylation sites (N-methyl/N-ethyl adjacent to an activating group) is 1. The number of aliphatic hydroxyl groups excluding tert-OH is 1. The molecule has 116 valence electrons. The summed E-state index contributed by atoms with van der Waals surface area (Å²) in [5.74, 6) is -0.0756. The second-order valence-corrected chi connectivity index (χ2v) is 5.46. The summed E-state index contributed by atoms with van der Waals surface area (Å²) in [5, 5.41) is 12.1. The fourth-order valence-corrected chi connectivity index (χ4v) is 2.50. The van der Waals surface area contributed by atoms with E-state index in [0.29, 0.717) is 19.6 Å². The van der Waals surface area contributed by atoms with Crippen molar-refractivity contribution in [2.45, 2.75) is 25.0 Å². The fraction of sp³-hybridized carbons (Fsp3) is 0.562. The van der Waals surface area contributed by atoms with E-state index in [1.54, 1.807) is 0 Å². The zero-order valence-corrected chi connectivity index (χ0v) is 12.5. The number of nitrogens with zero attached hydrogens (tertiary/aromatic N) is 1. The highest BCUT2D eigenvalue weighted by atomic mass is 16.5. The number of ether oxygens (including phenoxy) is 1. The van der Waals surface area contributed by atoms with Gasteiger partial charge >= 0.3 is 0 Å². The lowest BCUT2D eigenvalue weighted by molar-refractivity contribution is -0.138. The molecule has 0 aromatic heterocycles. The maximum atomic E-state index is 12.4. The minimum atomic E-state index is -0.413. The van der Waals surface area contributed by atoms with Crippen LogP contribution < -0.4 is 5.32 Å². The molecule has 0 aliphatic carbocycles. The largest absolute Gasteiger partial charge is 0.396 e. The van der Waals surface area contributed by atoms with Crippen LogP contribution >= 0.6 is 0 Å². The van der Waals surface area contributed by atoms with Crippen LogP contribution in [0, 0.1) is 0 Å². The van der Waals surface area contributed by atoms with Crippen molar-refractivity contribution in [2.75, 3.05) is 33.4 Å². The molecule has 0 bridgehead atoms. The summed E-state index contributed by atoms with van der Waals surface area (Å²) in [6.07, 6.45) is 0.962. The Bertz CT molecular complexity index is 438. The van der Waals surface area contributed by atoms with Gasteiger partial charge in [-0.2, -0.15) is 0 Å². The van der Waals surface area contributed by atoms with Crippen molar-refractivity contribution >= 4 is 5.91 Å². The van der Waals surface area contributed by atoms with Crippen molar-refractivity contribution in [1.82, 2.24) is 10.2 Å². The first-order valence-electron chi connectivity index (χ1n) is 7.47. The van der Waals surface area contributed by atoms with Crippen LogP contribution in [0.2, 0.25) is 0 Å². The minimum absolute atomic E-state index is 0.0756. The first kappa shape index (κ1) is 15.9. The summed E-state index contributed by atoms with van der Waals surface area (Å²) in [6.45, 7) is 2.19. The van der Waals surface area contributed by atoms with Gasteiger partial charge in [0, 0.05) is 19.7 Å². The van der Waals surface area contributed by atoms with E-state index < -0.39 is 6.10 Å². The molecule has 5 heteroatoms. The van der Waals surface area contributed by atoms with Gasteiger partial charge in [-0.1, -0.05) is 30.3 Å². The SMILES string of the molecule is CN1CCOC(C(=O)NC(CCCO)c2ccccc2)C1. The first-order valence-corrected chi connectivity index (χ1v) is 7.47. The standard InChI is InChI=1S/C16H24N2O3/c1-18-9-11-21-15(12-18)16(20)17-14(8-5-10-19)13-6-3-2-4-7-13/h2-4,6-7,14-15,19H,5,8-12H2,1H3,(H,17,20). The Labute approximate surface area is 125 Å². The lowest BCUT2D eigenvalue weighted by atomic mass is 10.0. The van der Waals surface area contributed by atoms with E-state index in [-0.39, 0.29) is 18.6 Å². The summed E-state index contributed by atoms with van der Waals surface area (Å²) in [4.78, 5) is 14.5. The Balaban J connectivity index is 1.99. The Morgan fingerprint density at radius 2 is 2.24 bits per heavy atom. The van der Waals surface area contributed by atoms with Gasteiger partial charge < -0.3 is 20.1 Å². The van der Waals surface area contributed by atoms with E-state index in [1.165, 1.54) is 0 Å². The summed E-state index contributed by atoms with van der Waals surface area (Å²) in [6, 6.07) is 9.78. The molecule has 1 aromatic carbocycles. The summed E-state index contributed by atoms with van der Waals surface area (Å²) in [7, 11) is 1.99. The fourth-order valence-electron chi connectivity index (χ4n) is 2.50. The van der Waals surface area contributed by atoms with Gasteiger partial charge in [0.1, 0.15) is 6.10 Å². The third kappa shape index (κ3) is 4.81. The number of carbonyl (C=O) groups excluding carboxylic acids is 1. The predicted octanol–water partition coefficient (Wildman–Crippen LogP) is 0.947. The van der Waals surface area contributed by atoms with Crippen molar-refractivity contribution in [3.63, 3.8) is 0 Å². The number of hydrogen-bond acceptors (Lipinski definition) is 4. The van der Waals surface area contributed by atoms with Crippen molar-refractivity contribution in [2.24, 2.45) is 0 Å². The second-order valence-electron chi connectivity index (χ2n) is 5.46. The summed E-state index contributed by atoms with van der Waals surface area (Å²) < 4.78 is 5.55. The maximum absolute atomic E-state index is 12.4. The Hall–Kier alpha value is -1.43. The average molecular weight is 292 g/mol. The van der Waals surface area contributed by atoms with Gasteiger partial charge in [-0.15, -0.1) is 0 Å². The molecule has 1 fully saturated rings. The highest BCUT2D eigenvalue weighted by Crippen LogP contribution is 2.19. The molecule has 0 saturated carbocycles. The molecule has 2 rings (SSSR count). The second kappa shape index (κ2) is 8.12. The van der Waals surface area contributed by atoms with Gasteiger partial charge in [-0.3, -0.25) is 4.79 Å². The number of aliphatic hydroxyl groups is 1. The number of rotatable bonds is 6. The highest BCUT2D eigenvalue weighted by Gasteiger charge is 2.26. The Morgan fingerprint density at radius 3 is 2.90 bits per heavy atom. The van der Waals surface area contributed by atoms with Crippen molar-refractivity contribution in [3.8, 4) is 0 Å². The molecule has 21 heavy (non-hydrogen) atoms. The maximum Gasteiger partial charge on any atom is 0.250 e. The molecule has 1 heterocycles. The molecule has 2 N–H and O–H groups in total. The average Bonchev–Trinajstić information content (AvgIpc) is 2.52. The van der Waals surface area contributed by atoms with Crippen LogP contribution in [0.5, 0.6) is 0 Å². The summed E-state index contributed by atoms with van der Waals surface area (Å²) >= 11 is 0. The summed E-state index contributed by atoms with van der Waals surface area (Å²) in [5.41, 5.74) is 1.06. The third-order valence-corrected chi connectivity index (χ3v) is 3.73. The molecule has 1 aromatic rings. The van der Waals surface area contributed by atoms with E-state index in [1.807, 2.05) is 37.4 Å². The first-order chi connectivity index (χ1) is 10.2. The van der Waals surface area contributed by atoms with Gasteiger partial charge in [0.2, 0.25) is 0 Å². The zero-order valence-electron chi connectivity index (χ0n) is 12.5. The van der Waals surface area contributed by atoms with E-state index in [4.69, 9.17) is 9.84 Å². The zero-order chi connectivity index (χ0) is 15.1. The normalized spacial score (nSPS) is 21.0. The van der Waals surface area contributed by atoms with Gasteiger partial charge in [-0.05, 0) is 25.5 Å². The molecule has 1 aliphatic heterocycles. The number of carbonyl (C=O) groups is 1. The van der Waals surface area contributed by atoms with Crippen LogP contribution in [0.4, 0.5) is 0 Å². The molecule has 1 aliphatic rings. The number of morpholine rings is 1. The molecule has 2 atom stereocenters. The highest BCUT2D eigenvalue weighted by molar-refractivity contribution is 5.81. The minimum Gasteiger partial charge on any atom is -0.396 e. The molecule has 1 saturated heterocycles. The Morgan fingerprint density at radius 1 is 1.48 bits per heavy atom. The van der Waals surface area contributed by atoms with Gasteiger partial charge in [-0.25, -0.2) is 0 Å². The van der Waals surface area contributed by atoms with E-state index in [9.17, 15) is 4.79 Å². The topological polar surface area (TPSA) is 61.8 Å². The third-order valence-electron chi connectivity index (χ3n) is 3.73. The van der Waals surface area contributed by atoms with E-state index >= 15 is 0 Å². The van der Waals surface area contributed by atoms with Crippen LogP contribution in [0.25, 0.3) is 0 Å². The van der Waals surface area contributed by atoms with Crippen LogP contribution in [-0.4, -0.2) is 55.4 Å². The Kier molecular flexibility index (Phi) is 6.17. The number of amides is 1. The van der Waals surface area contributed by atoms with E-state index in [2.05, 4.69) is 10.2 Å².